The van der Waals surface area contributed by atoms with E-state index in [1.165, 1.54) is 13.1 Å². The molecule has 1 aliphatic carbocycles. The fraction of sp³-hybridized carbons (Fsp3) is 0.462. The quantitative estimate of drug-likeness (QED) is 0.808. The van der Waals surface area contributed by atoms with Crippen molar-refractivity contribution in [3.05, 3.63) is 29.1 Å². The summed E-state index contributed by atoms with van der Waals surface area (Å²) in [7, 11) is 1.50. The van der Waals surface area contributed by atoms with E-state index in [1.54, 1.807) is 6.07 Å². The molecule has 90 valence electrons. The minimum Gasteiger partial charge on any atom is -0.493 e. The van der Waals surface area contributed by atoms with Crippen LogP contribution >= 0.6 is 0 Å². The molecular weight excluding hydrogens is 221 g/mol. The van der Waals surface area contributed by atoms with Gasteiger partial charge in [-0.3, -0.25) is 4.79 Å². The third kappa shape index (κ3) is 1.51. The maximum atomic E-state index is 13.7. The highest BCUT2D eigenvalue weighted by atomic mass is 19.1. The molecule has 1 spiro atoms. The van der Waals surface area contributed by atoms with E-state index in [0.29, 0.717) is 12.4 Å². The molecule has 1 fully saturated rings. The summed E-state index contributed by atoms with van der Waals surface area (Å²) in [5.41, 5.74) is 1.27. The second-order valence-electron chi connectivity index (χ2n) is 4.79. The molecule has 1 aromatic rings. The summed E-state index contributed by atoms with van der Waals surface area (Å²) in [5.74, 6) is -0.286. The van der Waals surface area contributed by atoms with Crippen LogP contribution in [0.4, 0.5) is 4.39 Å². The normalized spacial score (nSPS) is 19.4. The molecule has 1 N–H and O–H groups in total. The van der Waals surface area contributed by atoms with E-state index < -0.39 is 5.82 Å². The Morgan fingerprint density at radius 1 is 1.41 bits per heavy atom. The number of rotatable bonds is 1. The molecule has 1 heterocycles. The molecule has 1 aromatic carbocycles. The molecule has 0 bridgehead atoms. The molecule has 0 saturated heterocycles. The first-order valence-electron chi connectivity index (χ1n) is 5.85. The van der Waals surface area contributed by atoms with Crippen molar-refractivity contribution in [1.29, 1.82) is 0 Å². The van der Waals surface area contributed by atoms with E-state index in [9.17, 15) is 9.18 Å². The molecule has 1 amide bonds. The summed E-state index contributed by atoms with van der Waals surface area (Å²) in [6, 6.07) is 3.01. The van der Waals surface area contributed by atoms with Crippen LogP contribution in [0.1, 0.15) is 35.2 Å². The van der Waals surface area contributed by atoms with Crippen LogP contribution in [0.5, 0.6) is 5.75 Å². The Kier molecular flexibility index (Phi) is 2.15. The molecule has 0 radical (unpaired) electrons. The first kappa shape index (κ1) is 10.6. The van der Waals surface area contributed by atoms with Crippen LogP contribution in [0.25, 0.3) is 0 Å². The number of hydrogen-bond acceptors (Lipinski definition) is 2. The Labute approximate surface area is 99.0 Å². The molecule has 0 atom stereocenters. The van der Waals surface area contributed by atoms with Gasteiger partial charge in [0.2, 0.25) is 0 Å². The topological polar surface area (TPSA) is 38.3 Å². The standard InChI is InChI=1S/C13H14FNO2/c1-15-12(16)8-6-9-11(7-10(8)14)17-5-4-13(9)2-3-13/h6-7H,2-5H2,1H3,(H,15,16). The minimum absolute atomic E-state index is 0.114. The van der Waals surface area contributed by atoms with Gasteiger partial charge in [-0.15, -0.1) is 0 Å². The summed E-state index contributed by atoms with van der Waals surface area (Å²) in [6.07, 6.45) is 3.20. The lowest BCUT2D eigenvalue weighted by molar-refractivity contribution is 0.0958. The second kappa shape index (κ2) is 3.45. The molecule has 3 nitrogen and oxygen atoms in total. The van der Waals surface area contributed by atoms with Crippen molar-refractivity contribution in [3.8, 4) is 5.75 Å². The molecule has 1 aliphatic heterocycles. The first-order valence-corrected chi connectivity index (χ1v) is 5.85. The van der Waals surface area contributed by atoms with E-state index in [-0.39, 0.29) is 16.9 Å². The van der Waals surface area contributed by atoms with Crippen LogP contribution in [0, 0.1) is 5.82 Å². The fourth-order valence-electron chi connectivity index (χ4n) is 2.56. The highest BCUT2D eigenvalue weighted by Gasteiger charge is 2.48. The van der Waals surface area contributed by atoms with Crippen LogP contribution in [0.3, 0.4) is 0 Å². The molecule has 3 rings (SSSR count). The Hall–Kier alpha value is -1.58. The molecule has 2 aliphatic rings. The number of hydrogen-bond donors (Lipinski definition) is 1. The van der Waals surface area contributed by atoms with Crippen molar-refractivity contribution in [2.75, 3.05) is 13.7 Å². The number of carbonyl (C=O) groups excluding carboxylic acids is 1. The summed E-state index contributed by atoms with van der Waals surface area (Å²) < 4.78 is 19.2. The average Bonchev–Trinajstić information content (AvgIpc) is 3.08. The van der Waals surface area contributed by atoms with Crippen LogP contribution in [-0.2, 0) is 5.41 Å². The number of benzene rings is 1. The van der Waals surface area contributed by atoms with Gasteiger partial charge in [0, 0.05) is 24.1 Å². The van der Waals surface area contributed by atoms with Gasteiger partial charge in [-0.25, -0.2) is 4.39 Å². The Morgan fingerprint density at radius 2 is 2.18 bits per heavy atom. The molecule has 0 unspecified atom stereocenters. The number of ether oxygens (including phenoxy) is 1. The van der Waals surface area contributed by atoms with Crippen LogP contribution in [-0.4, -0.2) is 19.6 Å². The number of carbonyl (C=O) groups is 1. The lowest BCUT2D eigenvalue weighted by Gasteiger charge is -2.26. The van der Waals surface area contributed by atoms with Crippen molar-refractivity contribution in [1.82, 2.24) is 5.32 Å². The van der Waals surface area contributed by atoms with Gasteiger partial charge < -0.3 is 10.1 Å². The van der Waals surface area contributed by atoms with Crippen LogP contribution in [0.15, 0.2) is 12.1 Å². The lowest BCUT2D eigenvalue weighted by atomic mass is 9.88. The zero-order valence-electron chi connectivity index (χ0n) is 9.68. The van der Waals surface area contributed by atoms with E-state index >= 15 is 0 Å². The highest BCUT2D eigenvalue weighted by Crippen LogP contribution is 2.56. The Balaban J connectivity index is 2.12. The SMILES string of the molecule is CNC(=O)c1cc2c(cc1F)OCCC21CC1. The maximum Gasteiger partial charge on any atom is 0.254 e. The van der Waals surface area contributed by atoms with Crippen molar-refractivity contribution in [2.45, 2.75) is 24.7 Å². The summed E-state index contributed by atoms with van der Waals surface area (Å²) in [5, 5.41) is 2.46. The molecule has 0 aromatic heterocycles. The monoisotopic (exact) mass is 235 g/mol. The summed E-state index contributed by atoms with van der Waals surface area (Å²) >= 11 is 0. The smallest absolute Gasteiger partial charge is 0.254 e. The maximum absolute atomic E-state index is 13.7. The number of amides is 1. The molecule has 1 saturated carbocycles. The predicted octanol–water partition coefficient (Wildman–Crippen LogP) is 2.00. The van der Waals surface area contributed by atoms with Crippen LogP contribution in [0.2, 0.25) is 0 Å². The van der Waals surface area contributed by atoms with Gasteiger partial charge in [0.25, 0.3) is 5.91 Å². The fourth-order valence-corrected chi connectivity index (χ4v) is 2.56. The Bertz CT molecular complexity index is 494. The van der Waals surface area contributed by atoms with E-state index in [0.717, 1.165) is 24.8 Å². The third-order valence-corrected chi connectivity index (χ3v) is 3.80. The molecular formula is C13H14FNO2. The average molecular weight is 235 g/mol. The zero-order chi connectivity index (χ0) is 12.0. The first-order chi connectivity index (χ1) is 8.16. The third-order valence-electron chi connectivity index (χ3n) is 3.80. The molecule has 4 heteroatoms. The van der Waals surface area contributed by atoms with Gasteiger partial charge in [0.15, 0.2) is 0 Å². The van der Waals surface area contributed by atoms with E-state index in [4.69, 9.17) is 4.74 Å². The van der Waals surface area contributed by atoms with Crippen LogP contribution < -0.4 is 10.1 Å². The summed E-state index contributed by atoms with van der Waals surface area (Å²) in [4.78, 5) is 11.6. The molecule has 17 heavy (non-hydrogen) atoms. The second-order valence-corrected chi connectivity index (χ2v) is 4.79. The minimum atomic E-state index is -0.513. The van der Waals surface area contributed by atoms with Gasteiger partial charge in [-0.05, 0) is 25.3 Å². The van der Waals surface area contributed by atoms with Gasteiger partial charge >= 0.3 is 0 Å². The van der Waals surface area contributed by atoms with Crippen molar-refractivity contribution >= 4 is 5.91 Å². The van der Waals surface area contributed by atoms with Gasteiger partial charge in [-0.1, -0.05) is 0 Å². The zero-order valence-corrected chi connectivity index (χ0v) is 9.68. The van der Waals surface area contributed by atoms with Crippen molar-refractivity contribution in [2.24, 2.45) is 0 Å². The largest absolute Gasteiger partial charge is 0.493 e. The highest BCUT2D eigenvalue weighted by molar-refractivity contribution is 5.94. The van der Waals surface area contributed by atoms with E-state index in [2.05, 4.69) is 5.32 Å². The van der Waals surface area contributed by atoms with E-state index in [1.807, 2.05) is 0 Å². The van der Waals surface area contributed by atoms with Crippen molar-refractivity contribution < 1.29 is 13.9 Å². The number of halogens is 1. The van der Waals surface area contributed by atoms with Gasteiger partial charge in [-0.2, -0.15) is 0 Å². The Morgan fingerprint density at radius 3 is 2.82 bits per heavy atom. The number of fused-ring (bicyclic) bond motifs is 2. The van der Waals surface area contributed by atoms with Gasteiger partial charge in [0.1, 0.15) is 11.6 Å². The predicted molar refractivity (Wildman–Crippen MR) is 60.8 cm³/mol. The number of nitrogens with one attached hydrogen (secondary N) is 1. The van der Waals surface area contributed by atoms with Gasteiger partial charge in [0.05, 0.1) is 12.2 Å². The lowest BCUT2D eigenvalue weighted by Crippen LogP contribution is -2.24. The summed E-state index contributed by atoms with van der Waals surface area (Å²) in [6.45, 7) is 0.645. The van der Waals surface area contributed by atoms with Crippen molar-refractivity contribution in [3.63, 3.8) is 0 Å².